The zero-order valence-corrected chi connectivity index (χ0v) is 4.02. The Hall–Kier alpha value is 0.920. The van der Waals surface area contributed by atoms with Gasteiger partial charge in [-0.25, -0.2) is 0 Å². The molecule has 0 spiro atoms. The van der Waals surface area contributed by atoms with Gasteiger partial charge in [0.25, 0.3) is 0 Å². The molecule has 0 bridgehead atoms. The Labute approximate surface area is 66.4 Å². The quantitative estimate of drug-likeness (QED) is 0.371. The fourth-order valence-corrected chi connectivity index (χ4v) is 0.296. The van der Waals surface area contributed by atoms with E-state index < -0.39 is 6.23 Å². The summed E-state index contributed by atoms with van der Waals surface area (Å²) in [6, 6.07) is 0. The van der Waals surface area contributed by atoms with Crippen molar-refractivity contribution in [3.63, 3.8) is 0 Å². The summed E-state index contributed by atoms with van der Waals surface area (Å²) in [4.78, 5) is 0. The van der Waals surface area contributed by atoms with Crippen molar-refractivity contribution < 1.29 is 5.11 Å². The molecule has 0 amide bonds. The molecule has 0 aromatic carbocycles. The van der Waals surface area contributed by atoms with Crippen molar-refractivity contribution in [1.82, 2.24) is 0 Å². The van der Waals surface area contributed by atoms with Crippen LogP contribution in [0.4, 0.5) is 0 Å². The molecule has 0 aliphatic carbocycles. The molecule has 0 radical (unpaired) electrons. The third kappa shape index (κ3) is 10.9. The molecule has 0 aliphatic rings. The average Bonchev–Trinajstić information content (AvgIpc) is 1.35. The van der Waals surface area contributed by atoms with Gasteiger partial charge in [-0.2, -0.15) is 0 Å². The molecule has 0 heterocycles. The second-order valence-corrected chi connectivity index (χ2v) is 1.36. The van der Waals surface area contributed by atoms with Gasteiger partial charge < -0.3 is 10.8 Å². The van der Waals surface area contributed by atoms with E-state index in [9.17, 15) is 0 Å². The van der Waals surface area contributed by atoms with E-state index in [1.54, 1.807) is 0 Å². The second-order valence-electron chi connectivity index (χ2n) is 1.36. The number of aliphatic hydroxyl groups excluding tert-OH is 1. The summed E-state index contributed by atoms with van der Waals surface area (Å²) in [5.74, 6) is 0. The number of aliphatic hydroxyl groups is 1. The Morgan fingerprint density at radius 3 is 2.14 bits per heavy atom. The van der Waals surface area contributed by atoms with Crippen LogP contribution in [0.5, 0.6) is 0 Å². The Morgan fingerprint density at radius 2 is 2.14 bits per heavy atom. The zero-order chi connectivity index (χ0) is 4.99. The van der Waals surface area contributed by atoms with Gasteiger partial charge in [-0.1, -0.05) is 13.3 Å². The molecule has 0 saturated carbocycles. The van der Waals surface area contributed by atoms with E-state index in [0.29, 0.717) is 6.42 Å². The SMILES string of the molecule is CCC[C@@H](N)O.[NaH]. The van der Waals surface area contributed by atoms with E-state index in [1.807, 2.05) is 6.92 Å². The predicted octanol–water partition coefficient (Wildman–Crippen LogP) is -0.585. The van der Waals surface area contributed by atoms with Crippen LogP contribution in [-0.2, 0) is 0 Å². The topological polar surface area (TPSA) is 46.2 Å². The molecule has 0 fully saturated rings. The van der Waals surface area contributed by atoms with Crippen molar-refractivity contribution in [2.24, 2.45) is 5.73 Å². The van der Waals surface area contributed by atoms with Crippen LogP contribution in [0.15, 0.2) is 0 Å². The van der Waals surface area contributed by atoms with Crippen LogP contribution in [0.1, 0.15) is 19.8 Å². The second kappa shape index (κ2) is 6.92. The summed E-state index contributed by atoms with van der Waals surface area (Å²) >= 11 is 0. The molecule has 0 rings (SSSR count). The third-order valence-electron chi connectivity index (χ3n) is 0.584. The van der Waals surface area contributed by atoms with Crippen molar-refractivity contribution in [1.29, 1.82) is 0 Å². The summed E-state index contributed by atoms with van der Waals surface area (Å²) < 4.78 is 0. The van der Waals surface area contributed by atoms with Crippen LogP contribution in [0.3, 0.4) is 0 Å². The zero-order valence-electron chi connectivity index (χ0n) is 4.02. The van der Waals surface area contributed by atoms with E-state index in [2.05, 4.69) is 0 Å². The van der Waals surface area contributed by atoms with Gasteiger partial charge in [0.15, 0.2) is 0 Å². The minimum atomic E-state index is -0.602. The van der Waals surface area contributed by atoms with Crippen LogP contribution in [0.25, 0.3) is 0 Å². The van der Waals surface area contributed by atoms with Crippen molar-refractivity contribution in [3.8, 4) is 0 Å². The Bertz CT molecular complexity index is 32.9. The molecule has 0 saturated heterocycles. The fourth-order valence-electron chi connectivity index (χ4n) is 0.296. The summed E-state index contributed by atoms with van der Waals surface area (Å²) in [6.07, 6.45) is 1.06. The van der Waals surface area contributed by atoms with E-state index >= 15 is 0 Å². The molecule has 0 unspecified atom stereocenters. The van der Waals surface area contributed by atoms with Gasteiger partial charge in [-0.3, -0.25) is 0 Å². The Kier molecular flexibility index (Phi) is 10.7. The summed E-state index contributed by atoms with van der Waals surface area (Å²) in [6.45, 7) is 1.98. The van der Waals surface area contributed by atoms with E-state index in [-0.39, 0.29) is 29.6 Å². The van der Waals surface area contributed by atoms with Crippen LogP contribution >= 0.6 is 0 Å². The van der Waals surface area contributed by atoms with Crippen molar-refractivity contribution in [2.45, 2.75) is 26.0 Å². The van der Waals surface area contributed by atoms with Gasteiger partial charge in [0.05, 0.1) is 0 Å². The van der Waals surface area contributed by atoms with Gasteiger partial charge in [-0.05, 0) is 6.42 Å². The first-order valence-corrected chi connectivity index (χ1v) is 2.21. The van der Waals surface area contributed by atoms with Gasteiger partial charge >= 0.3 is 29.6 Å². The first-order valence-electron chi connectivity index (χ1n) is 2.21. The van der Waals surface area contributed by atoms with Gasteiger partial charge in [-0.15, -0.1) is 0 Å². The molecule has 3 N–H and O–H groups in total. The Balaban J connectivity index is 0. The molecule has 40 valence electrons. The van der Waals surface area contributed by atoms with Crippen LogP contribution in [0.2, 0.25) is 0 Å². The predicted molar refractivity (Wildman–Crippen MR) is 32.3 cm³/mol. The van der Waals surface area contributed by atoms with Crippen LogP contribution in [-0.4, -0.2) is 40.9 Å². The molecule has 0 aliphatic heterocycles. The summed E-state index contributed by atoms with van der Waals surface area (Å²) in [5, 5.41) is 8.33. The van der Waals surface area contributed by atoms with Crippen molar-refractivity contribution >= 4 is 29.6 Å². The number of hydrogen-bond donors (Lipinski definition) is 2. The van der Waals surface area contributed by atoms with E-state index in [4.69, 9.17) is 10.8 Å². The van der Waals surface area contributed by atoms with Gasteiger partial charge in [0.1, 0.15) is 6.23 Å². The monoisotopic (exact) mass is 113 g/mol. The number of rotatable bonds is 2. The van der Waals surface area contributed by atoms with Gasteiger partial charge in [0.2, 0.25) is 0 Å². The number of nitrogens with two attached hydrogens (primary N) is 1. The summed E-state index contributed by atoms with van der Waals surface area (Å²) in [7, 11) is 0. The molecular weight excluding hydrogens is 101 g/mol. The average molecular weight is 113 g/mol. The van der Waals surface area contributed by atoms with Crippen molar-refractivity contribution in [2.75, 3.05) is 0 Å². The first kappa shape index (κ1) is 10.8. The van der Waals surface area contributed by atoms with E-state index in [0.717, 1.165) is 6.42 Å². The maximum atomic E-state index is 8.33. The third-order valence-corrected chi connectivity index (χ3v) is 0.584. The molecule has 2 nitrogen and oxygen atoms in total. The van der Waals surface area contributed by atoms with E-state index in [1.165, 1.54) is 0 Å². The standard InChI is InChI=1S/C4H11NO.Na.H/c1-2-3-4(5)6;;/h4,6H,2-3,5H2,1H3;;/t4-;;/m0../s1. The Morgan fingerprint density at radius 1 is 1.71 bits per heavy atom. The summed E-state index contributed by atoms with van der Waals surface area (Å²) in [5.41, 5.74) is 4.96. The first-order chi connectivity index (χ1) is 2.77. The molecule has 7 heavy (non-hydrogen) atoms. The molecule has 1 atom stereocenters. The molecule has 0 aromatic heterocycles. The fraction of sp³-hybridized carbons (Fsp3) is 1.00. The normalized spacial score (nSPS) is 12.4. The minimum absolute atomic E-state index is 0. The van der Waals surface area contributed by atoms with Crippen LogP contribution in [0, 0.1) is 0 Å². The van der Waals surface area contributed by atoms with Crippen LogP contribution < -0.4 is 5.73 Å². The van der Waals surface area contributed by atoms with Crippen molar-refractivity contribution in [3.05, 3.63) is 0 Å². The molecule has 3 heteroatoms. The molecular formula is C4H12NNaO. The van der Waals surface area contributed by atoms with Gasteiger partial charge in [0, 0.05) is 0 Å². The number of hydrogen-bond acceptors (Lipinski definition) is 2. The maximum absolute atomic E-state index is 8.33. The molecule has 0 aromatic rings.